The SMILES string of the molecule is Oc1cc2ccccc2cc1OCCCCOc1ccc(/C=C/c2ccc3ccccc3n2)cc1. The normalized spacial score (nSPS) is 11.3. The second-order valence-electron chi connectivity index (χ2n) is 8.40. The predicted molar refractivity (Wildman–Crippen MR) is 143 cm³/mol. The smallest absolute Gasteiger partial charge is 0.161 e. The molecule has 1 heterocycles. The van der Waals surface area contributed by atoms with Gasteiger partial charge in [-0.3, -0.25) is 0 Å². The van der Waals surface area contributed by atoms with Crippen molar-refractivity contribution in [1.82, 2.24) is 4.98 Å². The van der Waals surface area contributed by atoms with Gasteiger partial charge in [0.15, 0.2) is 11.5 Å². The van der Waals surface area contributed by atoms with Gasteiger partial charge in [0, 0.05) is 5.39 Å². The van der Waals surface area contributed by atoms with Crippen LogP contribution in [-0.2, 0) is 0 Å². The number of aromatic nitrogens is 1. The van der Waals surface area contributed by atoms with Crippen molar-refractivity contribution in [2.24, 2.45) is 0 Å². The molecule has 1 aromatic heterocycles. The molecule has 0 saturated carbocycles. The van der Waals surface area contributed by atoms with Gasteiger partial charge in [-0.15, -0.1) is 0 Å². The molecule has 0 amide bonds. The van der Waals surface area contributed by atoms with Crippen molar-refractivity contribution in [3.8, 4) is 17.2 Å². The van der Waals surface area contributed by atoms with Gasteiger partial charge in [-0.25, -0.2) is 4.98 Å². The summed E-state index contributed by atoms with van der Waals surface area (Å²) in [6, 6.07) is 31.8. The van der Waals surface area contributed by atoms with Crippen molar-refractivity contribution in [2.45, 2.75) is 12.8 Å². The van der Waals surface area contributed by atoms with Crippen LogP contribution in [-0.4, -0.2) is 23.3 Å². The van der Waals surface area contributed by atoms with E-state index in [1.807, 2.05) is 84.9 Å². The van der Waals surface area contributed by atoms with Crippen molar-refractivity contribution in [1.29, 1.82) is 0 Å². The lowest BCUT2D eigenvalue weighted by atomic mass is 10.1. The van der Waals surface area contributed by atoms with E-state index >= 15 is 0 Å². The van der Waals surface area contributed by atoms with E-state index in [0.717, 1.165) is 51.5 Å². The first-order chi connectivity index (χ1) is 17.2. The van der Waals surface area contributed by atoms with Gasteiger partial charge in [-0.1, -0.05) is 66.7 Å². The first kappa shape index (κ1) is 22.5. The lowest BCUT2D eigenvalue weighted by molar-refractivity contribution is 0.260. The van der Waals surface area contributed by atoms with Gasteiger partial charge in [0.1, 0.15) is 5.75 Å². The molecule has 35 heavy (non-hydrogen) atoms. The van der Waals surface area contributed by atoms with Crippen molar-refractivity contribution in [2.75, 3.05) is 13.2 Å². The number of fused-ring (bicyclic) bond motifs is 2. The number of rotatable bonds is 9. The van der Waals surface area contributed by atoms with Gasteiger partial charge in [-0.05, 0) is 71.7 Å². The highest BCUT2D eigenvalue weighted by molar-refractivity contribution is 5.86. The lowest BCUT2D eigenvalue weighted by Crippen LogP contribution is -2.02. The first-order valence-corrected chi connectivity index (χ1v) is 11.9. The summed E-state index contributed by atoms with van der Waals surface area (Å²) in [6.07, 6.45) is 5.78. The van der Waals surface area contributed by atoms with E-state index in [0.29, 0.717) is 19.0 Å². The largest absolute Gasteiger partial charge is 0.504 e. The van der Waals surface area contributed by atoms with E-state index in [4.69, 9.17) is 9.47 Å². The molecule has 4 aromatic carbocycles. The highest BCUT2D eigenvalue weighted by Gasteiger charge is 2.05. The Kier molecular flexibility index (Phi) is 6.90. The van der Waals surface area contributed by atoms with Crippen molar-refractivity contribution >= 4 is 33.8 Å². The number of nitrogens with zero attached hydrogens (tertiary/aromatic N) is 1. The highest BCUT2D eigenvalue weighted by atomic mass is 16.5. The van der Waals surface area contributed by atoms with Gasteiger partial charge < -0.3 is 14.6 Å². The molecule has 0 fully saturated rings. The van der Waals surface area contributed by atoms with Crippen LogP contribution in [0.2, 0.25) is 0 Å². The fourth-order valence-corrected chi connectivity index (χ4v) is 3.93. The molecule has 0 unspecified atom stereocenters. The minimum absolute atomic E-state index is 0.172. The summed E-state index contributed by atoms with van der Waals surface area (Å²) in [6.45, 7) is 1.14. The number of hydrogen-bond acceptors (Lipinski definition) is 4. The summed E-state index contributed by atoms with van der Waals surface area (Å²) >= 11 is 0. The average Bonchev–Trinajstić information content (AvgIpc) is 2.90. The monoisotopic (exact) mass is 461 g/mol. The van der Waals surface area contributed by atoms with Crippen LogP contribution in [0.4, 0.5) is 0 Å². The number of para-hydroxylation sites is 1. The van der Waals surface area contributed by atoms with Crippen molar-refractivity contribution < 1.29 is 14.6 Å². The summed E-state index contributed by atoms with van der Waals surface area (Å²) in [5.74, 6) is 1.54. The second-order valence-corrected chi connectivity index (χ2v) is 8.40. The Morgan fingerprint density at radius 2 is 1.34 bits per heavy atom. The molecule has 4 heteroatoms. The van der Waals surface area contributed by atoms with Crippen LogP contribution in [0.1, 0.15) is 24.1 Å². The topological polar surface area (TPSA) is 51.6 Å². The van der Waals surface area contributed by atoms with Crippen LogP contribution in [0.3, 0.4) is 0 Å². The maximum atomic E-state index is 10.2. The van der Waals surface area contributed by atoms with Crippen LogP contribution in [0.5, 0.6) is 17.2 Å². The van der Waals surface area contributed by atoms with Crippen molar-refractivity contribution in [3.05, 3.63) is 108 Å². The maximum Gasteiger partial charge on any atom is 0.161 e. The summed E-state index contributed by atoms with van der Waals surface area (Å²) in [5, 5.41) is 13.4. The van der Waals surface area contributed by atoms with E-state index in [9.17, 15) is 5.11 Å². The summed E-state index contributed by atoms with van der Waals surface area (Å²) in [5.41, 5.74) is 3.03. The molecule has 0 bridgehead atoms. The van der Waals surface area contributed by atoms with Gasteiger partial charge in [0.25, 0.3) is 0 Å². The molecule has 1 N–H and O–H groups in total. The molecule has 0 aliphatic carbocycles. The standard InChI is InChI=1S/C31H27NO3/c33-30-21-25-8-1-2-9-26(25)22-31(30)35-20-6-5-19-34-28-17-12-23(13-18-28)11-15-27-16-14-24-7-3-4-10-29(24)32-27/h1-4,7-18,21-22,33H,5-6,19-20H2/b15-11+. The number of hydrogen-bond donors (Lipinski definition) is 1. The molecule has 0 spiro atoms. The molecular weight excluding hydrogens is 434 g/mol. The fourth-order valence-electron chi connectivity index (χ4n) is 3.93. The number of benzene rings is 4. The molecule has 0 aliphatic heterocycles. The summed E-state index contributed by atoms with van der Waals surface area (Å²) < 4.78 is 11.6. The molecule has 0 aliphatic rings. The Hall–Kier alpha value is -4.31. The van der Waals surface area contributed by atoms with E-state index in [-0.39, 0.29) is 5.75 Å². The molecule has 174 valence electrons. The zero-order chi connectivity index (χ0) is 23.9. The number of ether oxygens (including phenoxy) is 2. The minimum Gasteiger partial charge on any atom is -0.504 e. The van der Waals surface area contributed by atoms with Gasteiger partial charge in [-0.2, -0.15) is 0 Å². The summed E-state index contributed by atoms with van der Waals surface area (Å²) in [7, 11) is 0. The Labute approximate surface area is 205 Å². The molecular formula is C31H27NO3. The van der Waals surface area contributed by atoms with E-state index < -0.39 is 0 Å². The number of unbranched alkanes of at least 4 members (excludes halogenated alkanes) is 1. The third-order valence-electron chi connectivity index (χ3n) is 5.84. The number of phenols is 1. The number of pyridine rings is 1. The number of aromatic hydroxyl groups is 1. The Balaban J connectivity index is 1.06. The van der Waals surface area contributed by atoms with Crippen molar-refractivity contribution in [3.63, 3.8) is 0 Å². The van der Waals surface area contributed by atoms with E-state index in [2.05, 4.69) is 23.2 Å². The third kappa shape index (κ3) is 5.79. The summed E-state index contributed by atoms with van der Waals surface area (Å²) in [4.78, 5) is 4.67. The van der Waals surface area contributed by atoms with E-state index in [1.165, 1.54) is 0 Å². The Morgan fingerprint density at radius 3 is 2.14 bits per heavy atom. The molecule has 0 saturated heterocycles. The number of phenolic OH excluding ortho intramolecular Hbond substituents is 1. The Bertz CT molecular complexity index is 1460. The molecule has 0 atom stereocenters. The van der Waals surface area contributed by atoms with Gasteiger partial charge >= 0.3 is 0 Å². The fraction of sp³-hybridized carbons (Fsp3) is 0.129. The van der Waals surface area contributed by atoms with Crippen LogP contribution < -0.4 is 9.47 Å². The van der Waals surface area contributed by atoms with Crippen LogP contribution in [0.25, 0.3) is 33.8 Å². The minimum atomic E-state index is 0.172. The third-order valence-corrected chi connectivity index (χ3v) is 5.84. The van der Waals surface area contributed by atoms with Gasteiger partial charge in [0.2, 0.25) is 0 Å². The highest BCUT2D eigenvalue weighted by Crippen LogP contribution is 2.31. The zero-order valence-corrected chi connectivity index (χ0v) is 19.4. The Morgan fingerprint density at radius 1 is 0.657 bits per heavy atom. The van der Waals surface area contributed by atoms with E-state index in [1.54, 1.807) is 6.07 Å². The average molecular weight is 462 g/mol. The molecule has 5 aromatic rings. The zero-order valence-electron chi connectivity index (χ0n) is 19.4. The lowest BCUT2D eigenvalue weighted by Gasteiger charge is -2.10. The van der Waals surface area contributed by atoms with Crippen LogP contribution in [0.15, 0.2) is 97.1 Å². The molecule has 5 rings (SSSR count). The first-order valence-electron chi connectivity index (χ1n) is 11.9. The maximum absolute atomic E-state index is 10.2. The molecule has 4 nitrogen and oxygen atoms in total. The van der Waals surface area contributed by atoms with Crippen LogP contribution >= 0.6 is 0 Å². The van der Waals surface area contributed by atoms with Gasteiger partial charge in [0.05, 0.1) is 24.4 Å². The van der Waals surface area contributed by atoms with Crippen LogP contribution in [0, 0.1) is 0 Å². The molecule has 0 radical (unpaired) electrons. The predicted octanol–water partition coefficient (Wildman–Crippen LogP) is 7.50. The second kappa shape index (κ2) is 10.7. The quantitative estimate of drug-likeness (QED) is 0.231.